The predicted molar refractivity (Wildman–Crippen MR) is 80.2 cm³/mol. The summed E-state index contributed by atoms with van der Waals surface area (Å²) in [4.78, 5) is 15.1. The summed E-state index contributed by atoms with van der Waals surface area (Å²) in [5, 5.41) is 9.66. The molecule has 1 heterocycles. The van der Waals surface area contributed by atoms with Gasteiger partial charge in [0, 0.05) is 31.2 Å². The SMILES string of the molecule is Cc1ccc(CN2CCCN(CC(=O)O)CC2)cc1Cl. The van der Waals surface area contributed by atoms with Crippen molar-refractivity contribution in [1.29, 1.82) is 0 Å². The Morgan fingerprint density at radius 3 is 2.65 bits per heavy atom. The van der Waals surface area contributed by atoms with Gasteiger partial charge in [0.15, 0.2) is 0 Å². The van der Waals surface area contributed by atoms with Crippen molar-refractivity contribution in [1.82, 2.24) is 9.80 Å². The molecule has 110 valence electrons. The quantitative estimate of drug-likeness (QED) is 0.925. The Hall–Kier alpha value is -1.10. The Balaban J connectivity index is 1.90. The van der Waals surface area contributed by atoms with E-state index in [4.69, 9.17) is 16.7 Å². The van der Waals surface area contributed by atoms with Crippen LogP contribution in [-0.4, -0.2) is 53.6 Å². The summed E-state index contributed by atoms with van der Waals surface area (Å²) in [6, 6.07) is 6.18. The highest BCUT2D eigenvalue weighted by molar-refractivity contribution is 6.31. The van der Waals surface area contributed by atoms with Crippen LogP contribution in [-0.2, 0) is 11.3 Å². The van der Waals surface area contributed by atoms with Gasteiger partial charge in [0.05, 0.1) is 6.54 Å². The average Bonchev–Trinajstić information content (AvgIpc) is 2.59. The molecule has 0 atom stereocenters. The Bertz CT molecular complexity index is 479. The molecular weight excluding hydrogens is 276 g/mol. The summed E-state index contributed by atoms with van der Waals surface area (Å²) in [5.41, 5.74) is 2.31. The van der Waals surface area contributed by atoms with E-state index in [1.807, 2.05) is 24.0 Å². The van der Waals surface area contributed by atoms with Crippen molar-refractivity contribution in [3.05, 3.63) is 34.3 Å². The largest absolute Gasteiger partial charge is 0.480 e. The van der Waals surface area contributed by atoms with Gasteiger partial charge < -0.3 is 5.11 Å². The number of nitrogens with zero attached hydrogens (tertiary/aromatic N) is 2. The third kappa shape index (κ3) is 4.47. The van der Waals surface area contributed by atoms with E-state index in [0.717, 1.165) is 49.7 Å². The number of benzene rings is 1. The number of carboxylic acid groups (broad SMARTS) is 1. The number of halogens is 1. The van der Waals surface area contributed by atoms with Crippen molar-refractivity contribution >= 4 is 17.6 Å². The molecule has 5 heteroatoms. The van der Waals surface area contributed by atoms with E-state index in [-0.39, 0.29) is 6.54 Å². The van der Waals surface area contributed by atoms with Gasteiger partial charge in [0.1, 0.15) is 0 Å². The molecule has 4 nitrogen and oxygen atoms in total. The number of carboxylic acids is 1. The highest BCUT2D eigenvalue weighted by atomic mass is 35.5. The maximum absolute atomic E-state index is 10.8. The van der Waals surface area contributed by atoms with Crippen LogP contribution >= 0.6 is 11.6 Å². The van der Waals surface area contributed by atoms with Gasteiger partial charge in [-0.3, -0.25) is 14.6 Å². The molecule has 0 bridgehead atoms. The van der Waals surface area contributed by atoms with Crippen LogP contribution in [0.15, 0.2) is 18.2 Å². The first kappa shape index (κ1) is 15.3. The molecule has 0 aromatic heterocycles. The summed E-state index contributed by atoms with van der Waals surface area (Å²) < 4.78 is 0. The standard InChI is InChI=1S/C15H21ClN2O2/c1-12-3-4-13(9-14(12)16)10-17-5-2-6-18(8-7-17)11-15(19)20/h3-4,9H,2,5-8,10-11H2,1H3,(H,19,20). The second kappa shape index (κ2) is 7.07. The molecule has 0 spiro atoms. The van der Waals surface area contributed by atoms with Crippen LogP contribution < -0.4 is 0 Å². The molecule has 0 aliphatic carbocycles. The molecule has 0 unspecified atom stereocenters. The van der Waals surface area contributed by atoms with Gasteiger partial charge in [-0.05, 0) is 37.1 Å². The molecule has 1 N–H and O–H groups in total. The lowest BCUT2D eigenvalue weighted by molar-refractivity contribution is -0.138. The molecule has 1 aliphatic rings. The number of rotatable bonds is 4. The first-order chi connectivity index (χ1) is 9.54. The lowest BCUT2D eigenvalue weighted by Gasteiger charge is -2.21. The van der Waals surface area contributed by atoms with Crippen molar-refractivity contribution in [3.63, 3.8) is 0 Å². The van der Waals surface area contributed by atoms with Crippen LogP contribution in [0.5, 0.6) is 0 Å². The number of aryl methyl sites for hydroxylation is 1. The molecule has 1 aromatic carbocycles. The molecule has 1 saturated heterocycles. The average molecular weight is 297 g/mol. The molecule has 2 rings (SSSR count). The van der Waals surface area contributed by atoms with Gasteiger partial charge in [0.25, 0.3) is 0 Å². The van der Waals surface area contributed by atoms with Crippen molar-refractivity contribution in [2.24, 2.45) is 0 Å². The maximum atomic E-state index is 10.8. The first-order valence-electron chi connectivity index (χ1n) is 6.96. The van der Waals surface area contributed by atoms with E-state index >= 15 is 0 Å². The molecule has 20 heavy (non-hydrogen) atoms. The number of hydrogen-bond donors (Lipinski definition) is 1. The number of aliphatic carboxylic acids is 1. The zero-order valence-electron chi connectivity index (χ0n) is 11.8. The Morgan fingerprint density at radius 1 is 1.25 bits per heavy atom. The van der Waals surface area contributed by atoms with Gasteiger partial charge in [-0.15, -0.1) is 0 Å². The van der Waals surface area contributed by atoms with Crippen molar-refractivity contribution in [2.45, 2.75) is 19.9 Å². The predicted octanol–water partition coefficient (Wildman–Crippen LogP) is 2.24. The minimum Gasteiger partial charge on any atom is -0.480 e. The highest BCUT2D eigenvalue weighted by Crippen LogP contribution is 2.18. The second-order valence-electron chi connectivity index (χ2n) is 5.38. The molecule has 0 radical (unpaired) electrons. The lowest BCUT2D eigenvalue weighted by atomic mass is 10.1. The summed E-state index contributed by atoms with van der Waals surface area (Å²) in [6.07, 6.45) is 1.01. The van der Waals surface area contributed by atoms with Crippen LogP contribution in [0.1, 0.15) is 17.5 Å². The Morgan fingerprint density at radius 2 is 1.95 bits per heavy atom. The fourth-order valence-electron chi connectivity index (χ4n) is 2.52. The minimum absolute atomic E-state index is 0.143. The summed E-state index contributed by atoms with van der Waals surface area (Å²) in [7, 11) is 0. The molecule has 1 aliphatic heterocycles. The fraction of sp³-hybridized carbons (Fsp3) is 0.533. The zero-order valence-corrected chi connectivity index (χ0v) is 12.6. The van der Waals surface area contributed by atoms with E-state index in [2.05, 4.69) is 11.0 Å². The van der Waals surface area contributed by atoms with E-state index in [0.29, 0.717) is 0 Å². The van der Waals surface area contributed by atoms with Crippen LogP contribution in [0.2, 0.25) is 5.02 Å². The number of carbonyl (C=O) groups is 1. The highest BCUT2D eigenvalue weighted by Gasteiger charge is 2.16. The maximum Gasteiger partial charge on any atom is 0.317 e. The Labute approximate surface area is 124 Å². The molecule has 1 aromatic rings. The fourth-order valence-corrected chi connectivity index (χ4v) is 2.73. The third-order valence-electron chi connectivity index (χ3n) is 3.68. The zero-order chi connectivity index (χ0) is 14.5. The van der Waals surface area contributed by atoms with Crippen LogP contribution in [0.3, 0.4) is 0 Å². The monoisotopic (exact) mass is 296 g/mol. The van der Waals surface area contributed by atoms with Crippen molar-refractivity contribution < 1.29 is 9.90 Å². The van der Waals surface area contributed by atoms with E-state index in [9.17, 15) is 4.79 Å². The van der Waals surface area contributed by atoms with Gasteiger partial charge in [-0.2, -0.15) is 0 Å². The smallest absolute Gasteiger partial charge is 0.317 e. The first-order valence-corrected chi connectivity index (χ1v) is 7.34. The molecule has 1 fully saturated rings. The van der Waals surface area contributed by atoms with Crippen molar-refractivity contribution in [3.8, 4) is 0 Å². The van der Waals surface area contributed by atoms with Crippen LogP contribution in [0.25, 0.3) is 0 Å². The van der Waals surface area contributed by atoms with E-state index < -0.39 is 5.97 Å². The van der Waals surface area contributed by atoms with Gasteiger partial charge in [-0.25, -0.2) is 0 Å². The summed E-state index contributed by atoms with van der Waals surface area (Å²) in [5.74, 6) is -0.747. The van der Waals surface area contributed by atoms with Gasteiger partial charge >= 0.3 is 5.97 Å². The van der Waals surface area contributed by atoms with Crippen LogP contribution in [0, 0.1) is 6.92 Å². The third-order valence-corrected chi connectivity index (χ3v) is 4.09. The minimum atomic E-state index is -0.747. The van der Waals surface area contributed by atoms with Gasteiger partial charge in [0.2, 0.25) is 0 Å². The van der Waals surface area contributed by atoms with E-state index in [1.54, 1.807) is 0 Å². The summed E-state index contributed by atoms with van der Waals surface area (Å²) in [6.45, 7) is 6.59. The van der Waals surface area contributed by atoms with Crippen LogP contribution in [0.4, 0.5) is 0 Å². The summed E-state index contributed by atoms with van der Waals surface area (Å²) >= 11 is 6.15. The van der Waals surface area contributed by atoms with E-state index in [1.165, 1.54) is 5.56 Å². The topological polar surface area (TPSA) is 43.8 Å². The molecule has 0 saturated carbocycles. The Kier molecular flexibility index (Phi) is 5.40. The van der Waals surface area contributed by atoms with Crippen molar-refractivity contribution in [2.75, 3.05) is 32.7 Å². The molecular formula is C15H21ClN2O2. The normalized spacial score (nSPS) is 17.9. The molecule has 0 amide bonds. The second-order valence-corrected chi connectivity index (χ2v) is 5.79. The lowest BCUT2D eigenvalue weighted by Crippen LogP contribution is -2.34. The number of hydrogen-bond acceptors (Lipinski definition) is 3. The van der Waals surface area contributed by atoms with Gasteiger partial charge in [-0.1, -0.05) is 23.7 Å².